The molecule has 0 aromatic rings. The molecule has 1 atom stereocenters. The Morgan fingerprint density at radius 2 is 1.69 bits per heavy atom. The Morgan fingerprint density at radius 1 is 1.00 bits per heavy atom. The van der Waals surface area contributed by atoms with Gasteiger partial charge in [-0.2, -0.15) is 0 Å². The Morgan fingerprint density at radius 3 is 2.31 bits per heavy atom. The highest BCUT2D eigenvalue weighted by atomic mass is 32.2. The molecule has 0 bridgehead atoms. The molecule has 2 fully saturated rings. The molecule has 0 aromatic heterocycles. The second kappa shape index (κ2) is 5.05. The van der Waals surface area contributed by atoms with Gasteiger partial charge in [-0.25, -0.2) is 12.7 Å². The third kappa shape index (κ3) is 2.59. The summed E-state index contributed by atoms with van der Waals surface area (Å²) in [4.78, 5) is 0. The lowest BCUT2D eigenvalue weighted by molar-refractivity contribution is 0.275. The van der Waals surface area contributed by atoms with Crippen LogP contribution >= 0.6 is 0 Å². The van der Waals surface area contributed by atoms with Crippen LogP contribution in [0.5, 0.6) is 0 Å². The maximum atomic E-state index is 12.4. The van der Waals surface area contributed by atoms with Crippen molar-refractivity contribution < 1.29 is 8.42 Å². The summed E-state index contributed by atoms with van der Waals surface area (Å²) in [5.41, 5.74) is 0. The van der Waals surface area contributed by atoms with Gasteiger partial charge in [0.25, 0.3) is 0 Å². The van der Waals surface area contributed by atoms with Crippen LogP contribution in [-0.4, -0.2) is 31.1 Å². The quantitative estimate of drug-likeness (QED) is 0.749. The molecule has 0 N–H and O–H groups in total. The minimum Gasteiger partial charge on any atom is -0.212 e. The van der Waals surface area contributed by atoms with Gasteiger partial charge >= 0.3 is 0 Å². The van der Waals surface area contributed by atoms with Gasteiger partial charge in [-0.05, 0) is 31.6 Å². The first kappa shape index (κ1) is 12.4. The van der Waals surface area contributed by atoms with Crippen LogP contribution in [0, 0.1) is 5.92 Å². The molecule has 0 aromatic carbocycles. The molecule has 3 nitrogen and oxygen atoms in total. The van der Waals surface area contributed by atoms with Crippen molar-refractivity contribution in [1.82, 2.24) is 4.31 Å². The molecular formula is C12H23NO2S. The zero-order valence-electron chi connectivity index (χ0n) is 10.2. The summed E-state index contributed by atoms with van der Waals surface area (Å²) in [5, 5.41) is -0.0773. The fourth-order valence-corrected chi connectivity index (χ4v) is 5.15. The second-order valence-corrected chi connectivity index (χ2v) is 7.62. The summed E-state index contributed by atoms with van der Waals surface area (Å²) in [7, 11) is -2.98. The van der Waals surface area contributed by atoms with E-state index in [0.717, 1.165) is 45.2 Å². The molecule has 16 heavy (non-hydrogen) atoms. The highest BCUT2D eigenvalue weighted by Crippen LogP contribution is 2.28. The third-order valence-electron chi connectivity index (χ3n) is 3.95. The second-order valence-electron chi connectivity index (χ2n) is 5.41. The molecule has 2 rings (SSSR count). The van der Waals surface area contributed by atoms with Crippen LogP contribution in [0.4, 0.5) is 0 Å². The van der Waals surface area contributed by atoms with Crippen molar-refractivity contribution >= 4 is 10.0 Å². The minimum absolute atomic E-state index is 0.0773. The van der Waals surface area contributed by atoms with Crippen LogP contribution < -0.4 is 0 Å². The van der Waals surface area contributed by atoms with E-state index in [1.54, 1.807) is 4.31 Å². The summed E-state index contributed by atoms with van der Waals surface area (Å²) < 4.78 is 26.6. The molecule has 1 unspecified atom stereocenters. The van der Waals surface area contributed by atoms with Gasteiger partial charge in [-0.1, -0.05) is 26.2 Å². The molecular weight excluding hydrogens is 222 g/mol. The molecule has 1 aliphatic carbocycles. The Hall–Kier alpha value is -0.0900. The van der Waals surface area contributed by atoms with Gasteiger partial charge in [-0.15, -0.1) is 0 Å². The maximum Gasteiger partial charge on any atom is 0.216 e. The SMILES string of the molecule is CC1CCCN(S(=O)(=O)C2CCCCC2)C1. The summed E-state index contributed by atoms with van der Waals surface area (Å²) in [6.45, 7) is 3.66. The Bertz CT molecular complexity index is 320. The van der Waals surface area contributed by atoms with Crippen LogP contribution in [-0.2, 0) is 10.0 Å². The number of nitrogens with zero attached hydrogens (tertiary/aromatic N) is 1. The van der Waals surface area contributed by atoms with Gasteiger partial charge < -0.3 is 0 Å². The third-order valence-corrected chi connectivity index (χ3v) is 6.32. The largest absolute Gasteiger partial charge is 0.216 e. The first-order valence-corrected chi connectivity index (χ1v) is 8.10. The lowest BCUT2D eigenvalue weighted by Gasteiger charge is -2.34. The van der Waals surface area contributed by atoms with Gasteiger partial charge in [0, 0.05) is 13.1 Å². The number of rotatable bonds is 2. The molecule has 2 aliphatic rings. The van der Waals surface area contributed by atoms with Crippen molar-refractivity contribution in [3.05, 3.63) is 0 Å². The lowest BCUT2D eigenvalue weighted by atomic mass is 10.0. The fourth-order valence-electron chi connectivity index (χ4n) is 2.95. The first-order valence-electron chi connectivity index (χ1n) is 6.59. The first-order chi connectivity index (χ1) is 7.60. The van der Waals surface area contributed by atoms with Crippen LogP contribution in [0.25, 0.3) is 0 Å². The van der Waals surface area contributed by atoms with E-state index in [0.29, 0.717) is 5.92 Å². The summed E-state index contributed by atoms with van der Waals surface area (Å²) in [6.07, 6.45) is 7.37. The molecule has 1 aliphatic heterocycles. The van der Waals surface area contributed by atoms with Crippen molar-refractivity contribution in [3.63, 3.8) is 0 Å². The fraction of sp³-hybridized carbons (Fsp3) is 1.00. The monoisotopic (exact) mass is 245 g/mol. The van der Waals surface area contributed by atoms with Crippen LogP contribution in [0.1, 0.15) is 51.9 Å². The predicted octanol–water partition coefficient (Wildman–Crippen LogP) is 2.38. The normalized spacial score (nSPS) is 30.4. The molecule has 0 radical (unpaired) electrons. The molecule has 94 valence electrons. The topological polar surface area (TPSA) is 37.4 Å². The van der Waals surface area contributed by atoms with Gasteiger partial charge in [0.05, 0.1) is 5.25 Å². The van der Waals surface area contributed by atoms with Crippen molar-refractivity contribution in [1.29, 1.82) is 0 Å². The van der Waals surface area contributed by atoms with Gasteiger partial charge in [0.15, 0.2) is 0 Å². The molecule has 1 heterocycles. The predicted molar refractivity (Wildman–Crippen MR) is 65.8 cm³/mol. The van der Waals surface area contributed by atoms with Crippen molar-refractivity contribution in [2.75, 3.05) is 13.1 Å². The van der Waals surface area contributed by atoms with Gasteiger partial charge in [0.1, 0.15) is 0 Å². The van der Waals surface area contributed by atoms with E-state index in [2.05, 4.69) is 6.92 Å². The Labute approximate surface area is 99.3 Å². The zero-order chi connectivity index (χ0) is 11.6. The van der Waals surface area contributed by atoms with E-state index in [1.165, 1.54) is 12.8 Å². The smallest absolute Gasteiger partial charge is 0.212 e. The Balaban J connectivity index is 2.05. The Kier molecular flexibility index (Phi) is 3.90. The molecule has 0 spiro atoms. The summed E-state index contributed by atoms with van der Waals surface area (Å²) in [6, 6.07) is 0. The van der Waals surface area contributed by atoms with Crippen molar-refractivity contribution in [2.45, 2.75) is 57.1 Å². The summed E-state index contributed by atoms with van der Waals surface area (Å²) in [5.74, 6) is 0.534. The summed E-state index contributed by atoms with van der Waals surface area (Å²) >= 11 is 0. The van der Waals surface area contributed by atoms with E-state index >= 15 is 0 Å². The number of piperidine rings is 1. The highest BCUT2D eigenvalue weighted by Gasteiger charge is 2.34. The minimum atomic E-state index is -2.98. The number of hydrogen-bond acceptors (Lipinski definition) is 2. The highest BCUT2D eigenvalue weighted by molar-refractivity contribution is 7.89. The van der Waals surface area contributed by atoms with Gasteiger partial charge in [0.2, 0.25) is 10.0 Å². The lowest BCUT2D eigenvalue weighted by Crippen LogP contribution is -2.44. The van der Waals surface area contributed by atoms with Crippen LogP contribution in [0.2, 0.25) is 0 Å². The number of hydrogen-bond donors (Lipinski definition) is 0. The molecule has 1 saturated carbocycles. The maximum absolute atomic E-state index is 12.4. The van der Waals surface area contributed by atoms with Crippen molar-refractivity contribution in [3.8, 4) is 0 Å². The van der Waals surface area contributed by atoms with E-state index in [9.17, 15) is 8.42 Å². The van der Waals surface area contributed by atoms with Crippen LogP contribution in [0.3, 0.4) is 0 Å². The van der Waals surface area contributed by atoms with E-state index < -0.39 is 10.0 Å². The van der Waals surface area contributed by atoms with E-state index in [1.807, 2.05) is 0 Å². The van der Waals surface area contributed by atoms with E-state index in [4.69, 9.17) is 0 Å². The molecule has 1 saturated heterocycles. The van der Waals surface area contributed by atoms with Crippen molar-refractivity contribution in [2.24, 2.45) is 5.92 Å². The average molecular weight is 245 g/mol. The standard InChI is InChI=1S/C12H23NO2S/c1-11-6-5-9-13(10-11)16(14,15)12-7-3-2-4-8-12/h11-12H,2-10H2,1H3. The van der Waals surface area contributed by atoms with Crippen LogP contribution in [0.15, 0.2) is 0 Å². The molecule has 4 heteroatoms. The average Bonchev–Trinajstić information content (AvgIpc) is 2.30. The number of sulfonamides is 1. The van der Waals surface area contributed by atoms with E-state index in [-0.39, 0.29) is 5.25 Å². The van der Waals surface area contributed by atoms with Gasteiger partial charge in [-0.3, -0.25) is 0 Å². The zero-order valence-corrected chi connectivity index (χ0v) is 11.0. The molecule has 0 amide bonds.